The molecule has 0 amide bonds. The molecule has 0 fully saturated rings. The van der Waals surface area contributed by atoms with Gasteiger partial charge in [-0.3, -0.25) is 4.99 Å². The maximum absolute atomic E-state index is 14.6. The van der Waals surface area contributed by atoms with Crippen molar-refractivity contribution in [3.8, 4) is 23.8 Å². The first-order valence-corrected chi connectivity index (χ1v) is 18.4. The average Bonchev–Trinajstić information content (AvgIpc) is 2.98. The Balaban J connectivity index is 1.67. The van der Waals surface area contributed by atoms with Crippen molar-refractivity contribution in [2.45, 2.75) is 102 Å². The smallest absolute Gasteiger partial charge is 0.246 e. The van der Waals surface area contributed by atoms with Crippen molar-refractivity contribution in [1.29, 1.82) is 0 Å². The van der Waals surface area contributed by atoms with E-state index in [2.05, 4.69) is 108 Å². The number of fused-ring (bicyclic) bond motifs is 4. The van der Waals surface area contributed by atoms with Gasteiger partial charge >= 0.3 is 0 Å². The fraction of sp³-hybridized carbons (Fsp3) is 0.425. The van der Waals surface area contributed by atoms with Gasteiger partial charge in [-0.2, -0.15) is 0 Å². The number of ether oxygens (including phenoxy) is 1. The lowest BCUT2D eigenvalue weighted by atomic mass is 9.79. The predicted molar refractivity (Wildman–Crippen MR) is 195 cm³/mol. The van der Waals surface area contributed by atoms with E-state index in [4.69, 9.17) is 16.2 Å². The zero-order valence-electron chi connectivity index (χ0n) is 29.5. The van der Waals surface area contributed by atoms with Crippen molar-refractivity contribution in [2.75, 3.05) is 18.4 Å². The topological polar surface area (TPSA) is 91.8 Å². The Labute approximate surface area is 286 Å². The molecule has 3 heterocycles. The largest absolute Gasteiger partial charge is 0.454 e. The van der Waals surface area contributed by atoms with Gasteiger partial charge in [0.2, 0.25) is 10.0 Å². The summed E-state index contributed by atoms with van der Waals surface area (Å²) in [6.07, 6.45) is 7.57. The third-order valence-electron chi connectivity index (χ3n) is 9.93. The minimum atomic E-state index is -4.09. The molecule has 0 radical (unpaired) electrons. The Hall–Kier alpha value is -4.06. The third kappa shape index (κ3) is 6.03. The maximum Gasteiger partial charge on any atom is 0.246 e. The summed E-state index contributed by atoms with van der Waals surface area (Å²) in [5.41, 5.74) is 7.72. The summed E-state index contributed by atoms with van der Waals surface area (Å²) < 4.78 is 39.0. The second kappa shape index (κ2) is 12.1. The van der Waals surface area contributed by atoms with Crippen LogP contribution in [0.2, 0.25) is 0 Å². The number of nitrogens with one attached hydrogen (secondary N) is 3. The van der Waals surface area contributed by atoms with E-state index in [1.54, 1.807) is 0 Å². The molecule has 3 aromatic carbocycles. The average molecular weight is 665 g/mol. The number of rotatable bonds is 8. The molecule has 8 heteroatoms. The van der Waals surface area contributed by atoms with E-state index in [9.17, 15) is 8.42 Å². The highest BCUT2D eigenvalue weighted by Gasteiger charge is 2.40. The van der Waals surface area contributed by atoms with Crippen LogP contribution in [0.1, 0.15) is 106 Å². The van der Waals surface area contributed by atoms with Crippen LogP contribution in [0.3, 0.4) is 0 Å². The molecule has 3 aliphatic heterocycles. The Kier molecular flexibility index (Phi) is 8.54. The lowest BCUT2D eigenvalue weighted by Gasteiger charge is -2.40. The van der Waals surface area contributed by atoms with Gasteiger partial charge in [-0.05, 0) is 101 Å². The second-order valence-corrected chi connectivity index (χ2v) is 16.8. The molecule has 0 aromatic heterocycles. The lowest BCUT2D eigenvalue weighted by Crippen LogP contribution is -2.39. The van der Waals surface area contributed by atoms with E-state index in [1.807, 2.05) is 12.1 Å². The van der Waals surface area contributed by atoms with Crippen LogP contribution in [0.5, 0.6) is 11.5 Å². The molecule has 0 aliphatic carbocycles. The molecule has 0 saturated carbocycles. The van der Waals surface area contributed by atoms with Crippen molar-refractivity contribution in [2.24, 2.45) is 4.99 Å². The van der Waals surface area contributed by atoms with Crippen molar-refractivity contribution < 1.29 is 13.2 Å². The number of hydrogen-bond acceptors (Lipinski definition) is 6. The zero-order valence-corrected chi connectivity index (χ0v) is 30.3. The van der Waals surface area contributed by atoms with E-state index in [1.165, 1.54) is 5.56 Å². The van der Waals surface area contributed by atoms with Crippen molar-refractivity contribution >= 4 is 21.3 Å². The number of benzene rings is 3. The van der Waals surface area contributed by atoms with Gasteiger partial charge in [0, 0.05) is 46.1 Å². The van der Waals surface area contributed by atoms with Crippen LogP contribution in [-0.2, 0) is 10.0 Å². The highest BCUT2D eigenvalue weighted by atomic mass is 32.2. The summed E-state index contributed by atoms with van der Waals surface area (Å²) in [4.78, 5) is 5.33. The van der Waals surface area contributed by atoms with Gasteiger partial charge in [0.05, 0.1) is 23.1 Å². The number of anilines is 1. The molecule has 7 nitrogen and oxygen atoms in total. The second-order valence-electron chi connectivity index (χ2n) is 15.1. The number of terminal acetylenes is 1. The summed E-state index contributed by atoms with van der Waals surface area (Å²) in [5, 5.41) is 8.56. The minimum Gasteiger partial charge on any atom is -0.454 e. The first-order chi connectivity index (χ1) is 22.5. The van der Waals surface area contributed by atoms with E-state index in [0.29, 0.717) is 41.8 Å². The van der Waals surface area contributed by atoms with Crippen LogP contribution in [0, 0.1) is 26.2 Å². The molecule has 2 unspecified atom stereocenters. The number of sulfonamides is 1. The van der Waals surface area contributed by atoms with Gasteiger partial charge in [-0.25, -0.2) is 13.1 Å². The lowest BCUT2D eigenvalue weighted by molar-refractivity contribution is 0.403. The molecular weight excluding hydrogens is 617 g/mol. The van der Waals surface area contributed by atoms with E-state index < -0.39 is 10.0 Å². The monoisotopic (exact) mass is 664 g/mol. The molecule has 0 saturated heterocycles. The molecule has 0 bridgehead atoms. The van der Waals surface area contributed by atoms with Gasteiger partial charge in [0.25, 0.3) is 0 Å². The molecular formula is C40H48N4O3S. The summed E-state index contributed by atoms with van der Waals surface area (Å²) in [5.74, 6) is 3.92. The Morgan fingerprint density at radius 3 is 2.48 bits per heavy atom. The van der Waals surface area contributed by atoms with Gasteiger partial charge in [0.1, 0.15) is 10.6 Å². The maximum atomic E-state index is 14.6. The van der Waals surface area contributed by atoms with E-state index in [-0.39, 0.29) is 28.4 Å². The highest BCUT2D eigenvalue weighted by molar-refractivity contribution is 7.89. The van der Waals surface area contributed by atoms with Crippen LogP contribution in [0.4, 0.5) is 5.69 Å². The summed E-state index contributed by atoms with van der Waals surface area (Å²) in [7, 11) is -4.09. The molecule has 252 valence electrons. The van der Waals surface area contributed by atoms with Gasteiger partial charge in [-0.15, -0.1) is 6.42 Å². The summed E-state index contributed by atoms with van der Waals surface area (Å²) >= 11 is 0. The van der Waals surface area contributed by atoms with Gasteiger partial charge in [-0.1, -0.05) is 50.6 Å². The van der Waals surface area contributed by atoms with Gasteiger partial charge < -0.3 is 15.4 Å². The molecule has 3 aliphatic rings. The third-order valence-corrected chi connectivity index (χ3v) is 11.4. The first-order valence-electron chi connectivity index (χ1n) is 16.9. The Morgan fingerprint density at radius 1 is 1.06 bits per heavy atom. The Morgan fingerprint density at radius 2 is 1.77 bits per heavy atom. The van der Waals surface area contributed by atoms with Crippen molar-refractivity contribution in [1.82, 2.24) is 10.0 Å². The zero-order chi connectivity index (χ0) is 34.8. The number of hydrogen-bond donors (Lipinski definition) is 3. The minimum absolute atomic E-state index is 0.106. The Bertz CT molecular complexity index is 2120. The SMILES string of the molecule is C#CCNC(=C)CCNS(=O)(=O)c1c2c(cc3c1Oc1c(C)c4c(cc1=C3c1ccccc1C)C(C)CC(C)(C)N=4)C(C)CC(C)(C)N2. The number of aryl methyl sites for hydroxylation is 1. The molecule has 6 rings (SSSR count). The van der Waals surface area contributed by atoms with E-state index >= 15 is 0 Å². The van der Waals surface area contributed by atoms with Crippen molar-refractivity contribution in [3.05, 3.63) is 92.6 Å². The molecule has 48 heavy (non-hydrogen) atoms. The van der Waals surface area contributed by atoms with Crippen molar-refractivity contribution in [3.63, 3.8) is 0 Å². The summed E-state index contributed by atoms with van der Waals surface area (Å²) in [6, 6.07) is 12.7. The van der Waals surface area contributed by atoms with Crippen LogP contribution < -0.4 is 30.7 Å². The van der Waals surface area contributed by atoms with Gasteiger partial charge in [0.15, 0.2) is 5.75 Å². The number of nitrogens with zero attached hydrogens (tertiary/aromatic N) is 1. The molecule has 0 spiro atoms. The normalized spacial score (nSPS) is 20.0. The predicted octanol–water partition coefficient (Wildman–Crippen LogP) is 6.66. The quantitative estimate of drug-likeness (QED) is 0.183. The summed E-state index contributed by atoms with van der Waals surface area (Å²) in [6.45, 7) is 21.6. The fourth-order valence-electron chi connectivity index (χ4n) is 7.91. The van der Waals surface area contributed by atoms with Crippen LogP contribution >= 0.6 is 0 Å². The van der Waals surface area contributed by atoms with Crippen LogP contribution in [-0.4, -0.2) is 32.6 Å². The van der Waals surface area contributed by atoms with Crippen LogP contribution in [0.15, 0.2) is 58.6 Å². The highest BCUT2D eigenvalue weighted by Crippen LogP contribution is 2.51. The molecule has 3 N–H and O–H groups in total. The fourth-order valence-corrected chi connectivity index (χ4v) is 9.26. The molecule has 2 atom stereocenters. The molecule has 3 aromatic rings. The standard InChI is InChI=1S/C40H48N4O3S/c1-11-17-41-26(5)16-18-42-48(45,46)38-35-30(25(4)22-40(9,10)44-35)20-32-33(28-15-13-12-14-23(28)2)31-19-29-24(3)21-39(7,8)43-34(29)27(6)36(31)47-37(32)38/h1,12-15,19-20,24-25,41-42,44H,5,16-18,21-22H2,2-4,6-10H3. The first kappa shape index (κ1) is 33.8. The van der Waals surface area contributed by atoms with Crippen LogP contribution in [0.25, 0.3) is 5.57 Å². The van der Waals surface area contributed by atoms with E-state index in [0.717, 1.165) is 56.8 Å².